The van der Waals surface area contributed by atoms with Crippen molar-refractivity contribution >= 4 is 5.91 Å². The van der Waals surface area contributed by atoms with Crippen molar-refractivity contribution in [3.8, 4) is 0 Å². The number of aromatic nitrogens is 4. The molecule has 2 aromatic rings. The number of aryl methyl sites for hydroxylation is 2. The van der Waals surface area contributed by atoms with Crippen LogP contribution in [0.4, 0.5) is 0 Å². The fraction of sp³-hybridized carbons (Fsp3) is 0.682. The van der Waals surface area contributed by atoms with Crippen LogP contribution in [0.2, 0.25) is 0 Å². The highest BCUT2D eigenvalue weighted by molar-refractivity contribution is 5.94. The van der Waals surface area contributed by atoms with Crippen molar-refractivity contribution in [2.75, 3.05) is 26.2 Å². The first-order chi connectivity index (χ1) is 14.6. The van der Waals surface area contributed by atoms with Gasteiger partial charge in [0, 0.05) is 75.8 Å². The van der Waals surface area contributed by atoms with Gasteiger partial charge in [-0.1, -0.05) is 0 Å². The Kier molecular flexibility index (Phi) is 5.14. The molecule has 30 heavy (non-hydrogen) atoms. The van der Waals surface area contributed by atoms with Gasteiger partial charge in [0.1, 0.15) is 0 Å². The number of hydrogen-bond acceptors (Lipinski definition) is 5. The smallest absolute Gasteiger partial charge is 0.274 e. The molecule has 3 aliphatic heterocycles. The van der Waals surface area contributed by atoms with Gasteiger partial charge < -0.3 is 9.64 Å². The number of ether oxygens (including phenoxy) is 1. The summed E-state index contributed by atoms with van der Waals surface area (Å²) in [6, 6.07) is 0. The predicted octanol–water partition coefficient (Wildman–Crippen LogP) is 1.98. The van der Waals surface area contributed by atoms with Crippen molar-refractivity contribution in [1.29, 1.82) is 0 Å². The van der Waals surface area contributed by atoms with E-state index in [-0.39, 0.29) is 11.5 Å². The second kappa shape index (κ2) is 7.81. The number of fused-ring (bicyclic) bond motifs is 1. The zero-order chi connectivity index (χ0) is 20.7. The van der Waals surface area contributed by atoms with Crippen molar-refractivity contribution in [3.05, 3.63) is 34.9 Å². The summed E-state index contributed by atoms with van der Waals surface area (Å²) in [6.45, 7) is 8.20. The first-order valence-corrected chi connectivity index (χ1v) is 11.3. The number of hydrogen-bond donors (Lipinski definition) is 0. The van der Waals surface area contributed by atoms with Gasteiger partial charge in [-0.15, -0.1) is 0 Å². The average Bonchev–Trinajstić information content (AvgIpc) is 3.51. The minimum Gasteiger partial charge on any atom is -0.370 e. The molecule has 5 rings (SSSR count). The van der Waals surface area contributed by atoms with Gasteiger partial charge in [-0.05, 0) is 32.6 Å². The molecule has 0 N–H and O–H groups in total. The fourth-order valence-corrected chi connectivity index (χ4v) is 5.16. The highest BCUT2D eigenvalue weighted by Crippen LogP contribution is 2.37. The van der Waals surface area contributed by atoms with Crippen molar-refractivity contribution in [2.45, 2.75) is 64.3 Å². The molecular formula is C22H32N6O2. The van der Waals surface area contributed by atoms with Gasteiger partial charge in [0.25, 0.3) is 5.91 Å². The summed E-state index contributed by atoms with van der Waals surface area (Å²) in [4.78, 5) is 17.4. The largest absolute Gasteiger partial charge is 0.370 e. The number of amides is 1. The van der Waals surface area contributed by atoms with Crippen LogP contribution >= 0.6 is 0 Å². The Hall–Kier alpha value is -2.19. The lowest BCUT2D eigenvalue weighted by atomic mass is 9.83. The van der Waals surface area contributed by atoms with Gasteiger partial charge in [0.2, 0.25) is 0 Å². The Morgan fingerprint density at radius 2 is 1.97 bits per heavy atom. The molecule has 0 aliphatic carbocycles. The molecule has 162 valence electrons. The molecule has 5 heterocycles. The molecule has 2 aromatic heterocycles. The van der Waals surface area contributed by atoms with E-state index in [4.69, 9.17) is 4.74 Å². The molecule has 2 fully saturated rings. The second-order valence-electron chi connectivity index (χ2n) is 9.03. The van der Waals surface area contributed by atoms with E-state index in [9.17, 15) is 4.79 Å². The maximum Gasteiger partial charge on any atom is 0.274 e. The standard InChI is InChI=1S/C22H32N6O2/c1-3-28-15-17(13-23-28)14-26-10-6-22(7-11-26)12-19-18(16-30-22)20(24-25(19)2)21(29)27-8-4-5-9-27/h13,15H,3-12,14,16H2,1-2H3. The molecule has 0 bridgehead atoms. The molecule has 0 radical (unpaired) electrons. The summed E-state index contributed by atoms with van der Waals surface area (Å²) >= 11 is 0. The number of rotatable bonds is 4. The van der Waals surface area contributed by atoms with Crippen LogP contribution in [0.5, 0.6) is 0 Å². The third kappa shape index (κ3) is 3.56. The van der Waals surface area contributed by atoms with Crippen LogP contribution in [-0.2, 0) is 37.9 Å². The third-order valence-corrected chi connectivity index (χ3v) is 7.07. The maximum absolute atomic E-state index is 12.9. The van der Waals surface area contributed by atoms with Gasteiger partial charge in [0.05, 0.1) is 18.4 Å². The fourth-order valence-electron chi connectivity index (χ4n) is 5.16. The zero-order valence-corrected chi connectivity index (χ0v) is 18.1. The van der Waals surface area contributed by atoms with E-state index in [1.54, 1.807) is 0 Å². The molecule has 0 aromatic carbocycles. The molecule has 0 unspecified atom stereocenters. The first kappa shape index (κ1) is 19.8. The lowest BCUT2D eigenvalue weighted by Crippen LogP contribution is -2.49. The van der Waals surface area contributed by atoms with Crippen molar-refractivity contribution in [1.82, 2.24) is 29.4 Å². The predicted molar refractivity (Wildman–Crippen MR) is 112 cm³/mol. The molecule has 0 saturated carbocycles. The normalized spacial score (nSPS) is 21.3. The molecule has 1 amide bonds. The lowest BCUT2D eigenvalue weighted by Gasteiger charge is -2.43. The number of nitrogens with zero attached hydrogens (tertiary/aromatic N) is 6. The summed E-state index contributed by atoms with van der Waals surface area (Å²) in [5.74, 6) is 0.0753. The Balaban J connectivity index is 1.25. The first-order valence-electron chi connectivity index (χ1n) is 11.3. The summed E-state index contributed by atoms with van der Waals surface area (Å²) in [6.07, 6.45) is 9.17. The van der Waals surface area contributed by atoms with Gasteiger partial charge in [-0.3, -0.25) is 19.1 Å². The van der Waals surface area contributed by atoms with Crippen molar-refractivity contribution in [2.24, 2.45) is 7.05 Å². The number of likely N-dealkylation sites (tertiary alicyclic amines) is 2. The Bertz CT molecular complexity index is 918. The highest BCUT2D eigenvalue weighted by atomic mass is 16.5. The molecule has 3 aliphatic rings. The minimum atomic E-state index is -0.126. The Morgan fingerprint density at radius 3 is 2.67 bits per heavy atom. The molecule has 8 nitrogen and oxygen atoms in total. The van der Waals surface area contributed by atoms with E-state index in [1.165, 1.54) is 11.3 Å². The van der Waals surface area contributed by atoms with Crippen LogP contribution < -0.4 is 0 Å². The number of piperidine rings is 1. The number of carbonyl (C=O) groups is 1. The van der Waals surface area contributed by atoms with Gasteiger partial charge in [-0.2, -0.15) is 10.2 Å². The molecule has 0 atom stereocenters. The van der Waals surface area contributed by atoms with Crippen molar-refractivity contribution < 1.29 is 9.53 Å². The summed E-state index contributed by atoms with van der Waals surface area (Å²) in [5.41, 5.74) is 3.95. The highest BCUT2D eigenvalue weighted by Gasteiger charge is 2.42. The van der Waals surface area contributed by atoms with E-state index in [0.717, 1.165) is 76.9 Å². The van der Waals surface area contributed by atoms with Gasteiger partial charge in [0.15, 0.2) is 5.69 Å². The summed E-state index contributed by atoms with van der Waals surface area (Å²) in [7, 11) is 1.97. The van der Waals surface area contributed by atoms with Crippen LogP contribution in [0, 0.1) is 0 Å². The Labute approximate surface area is 177 Å². The van der Waals surface area contributed by atoms with Crippen LogP contribution in [0.1, 0.15) is 59.9 Å². The molecular weight excluding hydrogens is 380 g/mol. The SMILES string of the molecule is CCn1cc(CN2CCC3(CC2)Cc2c(c(C(=O)N4CCCC4)nn2C)CO3)cn1. The van der Waals surface area contributed by atoms with Crippen LogP contribution in [0.3, 0.4) is 0 Å². The molecule has 8 heteroatoms. The Morgan fingerprint density at radius 1 is 1.20 bits per heavy atom. The topological polar surface area (TPSA) is 68.4 Å². The summed E-state index contributed by atoms with van der Waals surface area (Å²) in [5, 5.41) is 9.01. The third-order valence-electron chi connectivity index (χ3n) is 7.07. The van der Waals surface area contributed by atoms with Gasteiger partial charge in [-0.25, -0.2) is 0 Å². The van der Waals surface area contributed by atoms with Crippen LogP contribution in [0.15, 0.2) is 12.4 Å². The zero-order valence-electron chi connectivity index (χ0n) is 18.1. The summed E-state index contributed by atoms with van der Waals surface area (Å²) < 4.78 is 10.4. The monoisotopic (exact) mass is 412 g/mol. The average molecular weight is 413 g/mol. The van der Waals surface area contributed by atoms with Crippen LogP contribution in [0.25, 0.3) is 0 Å². The maximum atomic E-state index is 12.9. The minimum absolute atomic E-state index is 0.0753. The van der Waals surface area contributed by atoms with E-state index in [1.807, 2.05) is 27.5 Å². The van der Waals surface area contributed by atoms with E-state index in [0.29, 0.717) is 12.3 Å². The second-order valence-corrected chi connectivity index (χ2v) is 9.03. The van der Waals surface area contributed by atoms with E-state index < -0.39 is 0 Å². The van der Waals surface area contributed by atoms with E-state index in [2.05, 4.69) is 28.2 Å². The quantitative estimate of drug-likeness (QED) is 0.768. The lowest BCUT2D eigenvalue weighted by molar-refractivity contribution is -0.104. The van der Waals surface area contributed by atoms with Gasteiger partial charge >= 0.3 is 0 Å². The number of carbonyl (C=O) groups excluding carboxylic acids is 1. The molecule has 2 saturated heterocycles. The van der Waals surface area contributed by atoms with Crippen LogP contribution in [-0.4, -0.2) is 67.0 Å². The molecule has 1 spiro atoms. The van der Waals surface area contributed by atoms with E-state index >= 15 is 0 Å². The van der Waals surface area contributed by atoms with Crippen molar-refractivity contribution in [3.63, 3.8) is 0 Å².